The molecule has 22 heavy (non-hydrogen) atoms. The van der Waals surface area contributed by atoms with Crippen LogP contribution in [0.1, 0.15) is 31.0 Å². The van der Waals surface area contributed by atoms with Crippen LogP contribution in [-0.4, -0.2) is 59.7 Å². The van der Waals surface area contributed by atoms with Crippen LogP contribution < -0.4 is 0 Å². The molecule has 0 unspecified atom stereocenters. The monoisotopic (exact) mass is 301 g/mol. The van der Waals surface area contributed by atoms with Crippen LogP contribution in [0, 0.1) is 5.92 Å². The molecule has 4 rings (SSSR count). The van der Waals surface area contributed by atoms with Crippen molar-refractivity contribution in [1.82, 2.24) is 14.8 Å². The van der Waals surface area contributed by atoms with Gasteiger partial charge in [0, 0.05) is 44.5 Å². The van der Waals surface area contributed by atoms with Crippen molar-refractivity contribution in [3.8, 4) is 0 Å². The predicted octanol–water partition coefficient (Wildman–Crippen LogP) is 1.94. The van der Waals surface area contributed by atoms with Gasteiger partial charge in [0.15, 0.2) is 0 Å². The minimum atomic E-state index is 0.586. The zero-order valence-electron chi connectivity index (χ0n) is 13.6. The molecule has 120 valence electrons. The number of aryl methyl sites for hydroxylation is 1. The van der Waals surface area contributed by atoms with Crippen molar-refractivity contribution in [2.75, 3.05) is 32.8 Å². The fourth-order valence-corrected chi connectivity index (χ4v) is 3.96. The maximum atomic E-state index is 5.90. The lowest BCUT2D eigenvalue weighted by Gasteiger charge is -2.48. The summed E-state index contributed by atoms with van der Waals surface area (Å²) in [6.07, 6.45) is 5.91. The van der Waals surface area contributed by atoms with Gasteiger partial charge in [-0.1, -0.05) is 13.0 Å². The van der Waals surface area contributed by atoms with Gasteiger partial charge in [-0.2, -0.15) is 0 Å². The van der Waals surface area contributed by atoms with E-state index in [2.05, 4.69) is 33.8 Å². The lowest BCUT2D eigenvalue weighted by Crippen LogP contribution is -2.62. The molecule has 0 N–H and O–H groups in total. The molecule has 0 aromatic carbocycles. The smallest absolute Gasteiger partial charge is 0.0635 e. The third-order valence-electron chi connectivity index (χ3n) is 5.48. The number of nitrogens with zero attached hydrogens (tertiary/aromatic N) is 3. The summed E-state index contributed by atoms with van der Waals surface area (Å²) in [5.41, 5.74) is 2.52. The Labute approximate surface area is 133 Å². The SMILES string of the molecule is CCc1ccc(CN2CCN3[C@@H](COC[C@@H]3C3CC3)C2)nc1. The first-order valence-corrected chi connectivity index (χ1v) is 8.83. The topological polar surface area (TPSA) is 28.6 Å². The summed E-state index contributed by atoms with van der Waals surface area (Å²) in [6.45, 7) is 8.50. The fraction of sp³-hybridized carbons (Fsp3) is 0.722. The first-order valence-electron chi connectivity index (χ1n) is 8.83. The van der Waals surface area contributed by atoms with Gasteiger partial charge >= 0.3 is 0 Å². The Balaban J connectivity index is 1.36. The maximum absolute atomic E-state index is 5.90. The van der Waals surface area contributed by atoms with Crippen LogP contribution in [-0.2, 0) is 17.7 Å². The molecule has 3 fully saturated rings. The van der Waals surface area contributed by atoms with Gasteiger partial charge in [0.25, 0.3) is 0 Å². The lowest BCUT2D eigenvalue weighted by molar-refractivity contribution is -0.0881. The van der Waals surface area contributed by atoms with Gasteiger partial charge in [0.2, 0.25) is 0 Å². The first kappa shape index (κ1) is 14.6. The largest absolute Gasteiger partial charge is 0.378 e. The highest BCUT2D eigenvalue weighted by Crippen LogP contribution is 2.38. The first-order chi connectivity index (χ1) is 10.8. The van der Waals surface area contributed by atoms with E-state index in [1.165, 1.54) is 30.6 Å². The lowest BCUT2D eigenvalue weighted by atomic mass is 10.0. The third kappa shape index (κ3) is 3.05. The molecule has 4 nitrogen and oxygen atoms in total. The van der Waals surface area contributed by atoms with Gasteiger partial charge in [0.05, 0.1) is 18.9 Å². The quantitative estimate of drug-likeness (QED) is 0.850. The Kier molecular flexibility index (Phi) is 4.16. The van der Waals surface area contributed by atoms with Gasteiger partial charge in [-0.05, 0) is 36.8 Å². The van der Waals surface area contributed by atoms with Crippen molar-refractivity contribution in [1.29, 1.82) is 0 Å². The standard InChI is InChI=1S/C18H27N3O/c1-2-14-3-6-16(19-9-14)10-20-7-8-21-17(11-20)12-22-13-18(21)15-4-5-15/h3,6,9,15,17-18H,2,4-5,7-8,10-13H2,1H3/t17-,18-/m1/s1. The molecule has 3 heterocycles. The summed E-state index contributed by atoms with van der Waals surface area (Å²) in [7, 11) is 0. The van der Waals surface area contributed by atoms with Gasteiger partial charge in [-0.3, -0.25) is 14.8 Å². The van der Waals surface area contributed by atoms with Crippen molar-refractivity contribution in [2.24, 2.45) is 5.92 Å². The minimum absolute atomic E-state index is 0.586. The van der Waals surface area contributed by atoms with E-state index in [0.29, 0.717) is 12.1 Å². The van der Waals surface area contributed by atoms with E-state index in [1.807, 2.05) is 6.20 Å². The van der Waals surface area contributed by atoms with Crippen molar-refractivity contribution in [2.45, 2.75) is 44.8 Å². The molecule has 4 heteroatoms. The van der Waals surface area contributed by atoms with E-state index in [4.69, 9.17) is 4.74 Å². The summed E-state index contributed by atoms with van der Waals surface area (Å²) in [5, 5.41) is 0. The van der Waals surface area contributed by atoms with Gasteiger partial charge in [-0.25, -0.2) is 0 Å². The summed E-state index contributed by atoms with van der Waals surface area (Å²) in [6, 6.07) is 5.69. The molecular weight excluding hydrogens is 274 g/mol. The number of ether oxygens (including phenoxy) is 1. The van der Waals surface area contributed by atoms with E-state index >= 15 is 0 Å². The van der Waals surface area contributed by atoms with Crippen LogP contribution in [0.4, 0.5) is 0 Å². The maximum Gasteiger partial charge on any atom is 0.0635 e. The molecule has 2 aliphatic heterocycles. The third-order valence-corrected chi connectivity index (χ3v) is 5.48. The highest BCUT2D eigenvalue weighted by atomic mass is 16.5. The van der Waals surface area contributed by atoms with Gasteiger partial charge < -0.3 is 4.74 Å². The Bertz CT molecular complexity index is 500. The zero-order valence-corrected chi connectivity index (χ0v) is 13.6. The van der Waals surface area contributed by atoms with Crippen LogP contribution in [0.15, 0.2) is 18.3 Å². The van der Waals surface area contributed by atoms with Crippen LogP contribution in [0.5, 0.6) is 0 Å². The molecule has 1 aromatic rings. The molecule has 1 aromatic heterocycles. The van der Waals surface area contributed by atoms with E-state index in [0.717, 1.165) is 45.2 Å². The summed E-state index contributed by atoms with van der Waals surface area (Å²) >= 11 is 0. The number of hydrogen-bond donors (Lipinski definition) is 0. The molecule has 0 spiro atoms. The van der Waals surface area contributed by atoms with Crippen LogP contribution in [0.25, 0.3) is 0 Å². The second-order valence-corrected chi connectivity index (χ2v) is 7.08. The van der Waals surface area contributed by atoms with Crippen LogP contribution in [0.2, 0.25) is 0 Å². The Morgan fingerprint density at radius 2 is 2.14 bits per heavy atom. The van der Waals surface area contributed by atoms with E-state index < -0.39 is 0 Å². The second kappa shape index (κ2) is 6.26. The Morgan fingerprint density at radius 3 is 2.86 bits per heavy atom. The molecule has 2 atom stereocenters. The molecular formula is C18H27N3O. The summed E-state index contributed by atoms with van der Waals surface area (Å²) in [4.78, 5) is 9.91. The van der Waals surface area contributed by atoms with Crippen LogP contribution >= 0.6 is 0 Å². The van der Waals surface area contributed by atoms with E-state index in [1.54, 1.807) is 0 Å². The minimum Gasteiger partial charge on any atom is -0.378 e. The number of rotatable bonds is 4. The van der Waals surface area contributed by atoms with Gasteiger partial charge in [-0.15, -0.1) is 0 Å². The van der Waals surface area contributed by atoms with Crippen LogP contribution in [0.3, 0.4) is 0 Å². The molecule has 1 aliphatic carbocycles. The zero-order chi connectivity index (χ0) is 14.9. The van der Waals surface area contributed by atoms with Gasteiger partial charge in [0.1, 0.15) is 0 Å². The Hall–Kier alpha value is -0.970. The molecule has 2 saturated heterocycles. The highest BCUT2D eigenvalue weighted by molar-refractivity contribution is 5.14. The highest BCUT2D eigenvalue weighted by Gasteiger charge is 2.42. The van der Waals surface area contributed by atoms with Crippen molar-refractivity contribution in [3.05, 3.63) is 29.6 Å². The molecule has 0 radical (unpaired) electrons. The molecule has 0 bridgehead atoms. The number of pyridine rings is 1. The number of hydrogen-bond acceptors (Lipinski definition) is 4. The molecule has 3 aliphatic rings. The normalized spacial score (nSPS) is 30.2. The van der Waals surface area contributed by atoms with Crippen molar-refractivity contribution >= 4 is 0 Å². The summed E-state index contributed by atoms with van der Waals surface area (Å²) in [5.74, 6) is 0.914. The molecule has 0 amide bonds. The van der Waals surface area contributed by atoms with Crippen molar-refractivity contribution < 1.29 is 4.74 Å². The second-order valence-electron chi connectivity index (χ2n) is 7.08. The average molecular weight is 301 g/mol. The molecule has 1 saturated carbocycles. The number of fused-ring (bicyclic) bond motifs is 1. The fourth-order valence-electron chi connectivity index (χ4n) is 3.96. The summed E-state index contributed by atoms with van der Waals surface area (Å²) < 4.78 is 5.90. The van der Waals surface area contributed by atoms with Crippen molar-refractivity contribution in [3.63, 3.8) is 0 Å². The Morgan fingerprint density at radius 1 is 1.23 bits per heavy atom. The predicted molar refractivity (Wildman–Crippen MR) is 86.7 cm³/mol. The average Bonchev–Trinajstić information content (AvgIpc) is 3.40. The number of piperazine rings is 1. The van der Waals surface area contributed by atoms with E-state index in [-0.39, 0.29) is 0 Å². The number of morpholine rings is 1. The van der Waals surface area contributed by atoms with E-state index in [9.17, 15) is 0 Å². The number of aromatic nitrogens is 1.